The van der Waals surface area contributed by atoms with E-state index in [-0.39, 0.29) is 24.1 Å². The van der Waals surface area contributed by atoms with Crippen LogP contribution >= 0.6 is 11.8 Å². The van der Waals surface area contributed by atoms with Gasteiger partial charge in [-0.25, -0.2) is 0 Å². The van der Waals surface area contributed by atoms with Gasteiger partial charge in [0.2, 0.25) is 0 Å². The highest BCUT2D eigenvalue weighted by molar-refractivity contribution is 8.00. The lowest BCUT2D eigenvalue weighted by molar-refractivity contribution is -0.0328. The van der Waals surface area contributed by atoms with Crippen LogP contribution in [0.5, 0.6) is 0 Å². The average molecular weight is 295 g/mol. The molecular formula is C12H20F3N3S. The summed E-state index contributed by atoms with van der Waals surface area (Å²) in [5.41, 5.74) is -2.19. The van der Waals surface area contributed by atoms with Gasteiger partial charge in [-0.3, -0.25) is 4.68 Å². The monoisotopic (exact) mass is 295 g/mol. The maximum atomic E-state index is 12.0. The van der Waals surface area contributed by atoms with E-state index in [0.717, 1.165) is 17.8 Å². The van der Waals surface area contributed by atoms with Crippen LogP contribution in [0.1, 0.15) is 25.1 Å². The highest BCUT2D eigenvalue weighted by atomic mass is 32.2. The quantitative estimate of drug-likeness (QED) is 0.838. The van der Waals surface area contributed by atoms with E-state index in [9.17, 15) is 13.2 Å². The summed E-state index contributed by atoms with van der Waals surface area (Å²) in [4.78, 5) is 0. The fraction of sp³-hybridized carbons (Fsp3) is 0.750. The molecule has 3 nitrogen and oxygen atoms in total. The average Bonchev–Trinajstić information content (AvgIpc) is 2.59. The summed E-state index contributed by atoms with van der Waals surface area (Å²) >= 11 is -0.00832. The Morgan fingerprint density at radius 2 is 2.11 bits per heavy atom. The Kier molecular flexibility index (Phi) is 6.19. The van der Waals surface area contributed by atoms with Crippen molar-refractivity contribution in [1.82, 2.24) is 15.1 Å². The van der Waals surface area contributed by atoms with Gasteiger partial charge in [-0.1, -0.05) is 13.8 Å². The molecule has 19 heavy (non-hydrogen) atoms. The summed E-state index contributed by atoms with van der Waals surface area (Å²) in [6, 6.07) is 0. The molecular weight excluding hydrogens is 275 g/mol. The van der Waals surface area contributed by atoms with E-state index < -0.39 is 5.51 Å². The molecule has 0 atom stereocenters. The smallest absolute Gasteiger partial charge is 0.312 e. The summed E-state index contributed by atoms with van der Waals surface area (Å²) in [5, 5.41) is 7.43. The lowest BCUT2D eigenvalue weighted by Crippen LogP contribution is -2.19. The molecule has 0 unspecified atom stereocenters. The topological polar surface area (TPSA) is 29.9 Å². The molecule has 0 amide bonds. The van der Waals surface area contributed by atoms with Crippen LogP contribution in [-0.4, -0.2) is 27.6 Å². The van der Waals surface area contributed by atoms with Gasteiger partial charge in [0, 0.05) is 23.6 Å². The van der Waals surface area contributed by atoms with Crippen LogP contribution in [0.4, 0.5) is 13.2 Å². The molecule has 0 radical (unpaired) electrons. The third-order valence-corrected chi connectivity index (χ3v) is 3.36. The molecule has 0 aromatic carbocycles. The van der Waals surface area contributed by atoms with Crippen LogP contribution in [0.15, 0.2) is 6.20 Å². The van der Waals surface area contributed by atoms with Crippen LogP contribution in [0.3, 0.4) is 0 Å². The van der Waals surface area contributed by atoms with Gasteiger partial charge >= 0.3 is 5.51 Å². The molecule has 1 aromatic rings. The number of nitrogens with one attached hydrogen (secondary N) is 1. The van der Waals surface area contributed by atoms with Crippen molar-refractivity contribution in [1.29, 1.82) is 0 Å². The lowest BCUT2D eigenvalue weighted by atomic mass is 10.2. The van der Waals surface area contributed by atoms with Gasteiger partial charge in [0.05, 0.1) is 12.7 Å². The summed E-state index contributed by atoms with van der Waals surface area (Å²) in [5.74, 6) is 0.559. The molecule has 1 aromatic heterocycles. The maximum Gasteiger partial charge on any atom is 0.441 e. The van der Waals surface area contributed by atoms with E-state index in [2.05, 4.69) is 24.3 Å². The zero-order chi connectivity index (χ0) is 14.5. The summed E-state index contributed by atoms with van der Waals surface area (Å²) < 4.78 is 37.7. The zero-order valence-corrected chi connectivity index (χ0v) is 12.2. The molecule has 110 valence electrons. The van der Waals surface area contributed by atoms with Crippen LogP contribution in [0.2, 0.25) is 0 Å². The van der Waals surface area contributed by atoms with Crippen molar-refractivity contribution in [2.24, 2.45) is 5.92 Å². The molecule has 0 fully saturated rings. The van der Waals surface area contributed by atoms with E-state index >= 15 is 0 Å². The zero-order valence-electron chi connectivity index (χ0n) is 11.4. The highest BCUT2D eigenvalue weighted by Gasteiger charge is 2.27. The van der Waals surface area contributed by atoms with Gasteiger partial charge in [-0.15, -0.1) is 0 Å². The molecule has 1 N–H and O–H groups in total. The number of thioether (sulfide) groups is 1. The summed E-state index contributed by atoms with van der Waals surface area (Å²) in [6.45, 7) is 8.03. The molecule has 0 saturated heterocycles. The highest BCUT2D eigenvalue weighted by Crippen LogP contribution is 2.30. The second kappa shape index (κ2) is 7.19. The summed E-state index contributed by atoms with van der Waals surface area (Å²) in [7, 11) is 0. The maximum absolute atomic E-state index is 12.0. The van der Waals surface area contributed by atoms with Crippen LogP contribution < -0.4 is 5.32 Å². The number of rotatable bonds is 7. The minimum atomic E-state index is -4.16. The van der Waals surface area contributed by atoms with E-state index in [0.29, 0.717) is 12.5 Å². The van der Waals surface area contributed by atoms with Gasteiger partial charge in [0.15, 0.2) is 0 Å². The van der Waals surface area contributed by atoms with Crippen molar-refractivity contribution in [3.05, 3.63) is 17.5 Å². The number of alkyl halides is 3. The minimum Gasteiger partial charge on any atom is -0.312 e. The second-order valence-corrected chi connectivity index (χ2v) is 5.96. The molecule has 1 heterocycles. The number of hydrogen-bond donors (Lipinski definition) is 1. The Morgan fingerprint density at radius 1 is 1.42 bits per heavy atom. The van der Waals surface area contributed by atoms with Crippen molar-refractivity contribution in [3.8, 4) is 0 Å². The Morgan fingerprint density at radius 3 is 2.68 bits per heavy atom. The first-order chi connectivity index (χ1) is 8.79. The number of nitrogens with zero attached hydrogens (tertiary/aromatic N) is 2. The number of aromatic nitrogens is 2. The molecule has 0 aliphatic rings. The lowest BCUT2D eigenvalue weighted by Gasteiger charge is -2.09. The largest absolute Gasteiger partial charge is 0.441 e. The van der Waals surface area contributed by atoms with E-state index in [1.807, 2.05) is 6.92 Å². The van der Waals surface area contributed by atoms with Crippen LogP contribution in [0.25, 0.3) is 0 Å². The van der Waals surface area contributed by atoms with Gasteiger partial charge in [-0.05, 0) is 31.1 Å². The Balaban J connectivity index is 2.42. The first-order valence-corrected chi connectivity index (χ1v) is 7.21. The van der Waals surface area contributed by atoms with E-state index in [1.165, 1.54) is 0 Å². The second-order valence-electron chi connectivity index (χ2n) is 4.80. The van der Waals surface area contributed by atoms with Gasteiger partial charge in [-0.2, -0.15) is 18.3 Å². The molecule has 0 saturated carbocycles. The molecule has 0 aliphatic heterocycles. The van der Waals surface area contributed by atoms with E-state index in [1.54, 1.807) is 10.9 Å². The van der Waals surface area contributed by atoms with Crippen LogP contribution in [-0.2, 0) is 13.1 Å². The SMILES string of the molecule is Cc1c(CNCC(C)C)cnn1CCSC(F)(F)F. The summed E-state index contributed by atoms with van der Waals surface area (Å²) in [6.07, 6.45) is 1.72. The standard InChI is InChI=1S/C12H20F3N3S/c1-9(2)6-16-7-11-8-17-18(10(11)3)4-5-19-12(13,14)15/h8-9,16H,4-7H2,1-3H3. The number of halogens is 3. The third kappa shape index (κ3) is 6.33. The Bertz CT molecular complexity index is 388. The van der Waals surface area contributed by atoms with Crippen molar-refractivity contribution >= 4 is 11.8 Å². The predicted octanol–water partition coefficient (Wildman–Crippen LogP) is 3.19. The molecule has 7 heteroatoms. The third-order valence-electron chi connectivity index (χ3n) is 2.64. The van der Waals surface area contributed by atoms with Crippen molar-refractivity contribution < 1.29 is 13.2 Å². The first-order valence-electron chi connectivity index (χ1n) is 6.22. The Hall–Kier alpha value is -0.690. The molecule has 0 bridgehead atoms. The molecule has 1 rings (SSSR count). The Labute approximate surface area is 115 Å². The first kappa shape index (κ1) is 16.4. The van der Waals surface area contributed by atoms with Gasteiger partial charge in [0.1, 0.15) is 0 Å². The number of aryl methyl sites for hydroxylation is 1. The predicted molar refractivity (Wildman–Crippen MR) is 72.0 cm³/mol. The van der Waals surface area contributed by atoms with E-state index in [4.69, 9.17) is 0 Å². The fourth-order valence-corrected chi connectivity index (χ4v) is 2.12. The normalized spacial score (nSPS) is 12.4. The van der Waals surface area contributed by atoms with Crippen molar-refractivity contribution in [3.63, 3.8) is 0 Å². The fourth-order valence-electron chi connectivity index (χ4n) is 1.63. The molecule has 0 aliphatic carbocycles. The van der Waals surface area contributed by atoms with Crippen molar-refractivity contribution in [2.75, 3.05) is 12.3 Å². The van der Waals surface area contributed by atoms with Gasteiger partial charge < -0.3 is 5.32 Å². The van der Waals surface area contributed by atoms with Crippen molar-refractivity contribution in [2.45, 2.75) is 39.4 Å². The van der Waals surface area contributed by atoms with Crippen LogP contribution in [0, 0.1) is 12.8 Å². The minimum absolute atomic E-state index is 0.00832. The van der Waals surface area contributed by atoms with Gasteiger partial charge in [0.25, 0.3) is 0 Å². The molecule has 0 spiro atoms. The number of hydrogen-bond acceptors (Lipinski definition) is 3.